The Labute approximate surface area is 57.3 Å². The van der Waals surface area contributed by atoms with Crippen LogP contribution in [0, 0.1) is 0 Å². The average molecular weight is 125 g/mol. The minimum absolute atomic E-state index is 0.939. The maximum Gasteiger partial charge on any atom is 0.00775 e. The third-order valence-corrected chi connectivity index (χ3v) is 1.09. The van der Waals surface area contributed by atoms with Crippen LogP contribution < -0.4 is 5.73 Å². The Hall–Kier alpha value is -0.720. The Balaban J connectivity index is 3.55. The Morgan fingerprint density at radius 1 is 1.44 bits per heavy atom. The van der Waals surface area contributed by atoms with E-state index in [1.807, 2.05) is 19.1 Å². The molecule has 0 aliphatic carbocycles. The number of rotatable bonds is 3. The highest BCUT2D eigenvalue weighted by Gasteiger charge is 1.76. The fraction of sp³-hybridized carbons (Fsp3) is 0.500. The largest absolute Gasteiger partial charge is 0.402 e. The Morgan fingerprint density at radius 3 is 2.56 bits per heavy atom. The summed E-state index contributed by atoms with van der Waals surface area (Å²) in [6.45, 7) is 4.15. The van der Waals surface area contributed by atoms with Crippen molar-refractivity contribution in [3.05, 3.63) is 23.9 Å². The van der Waals surface area contributed by atoms with E-state index < -0.39 is 0 Å². The Morgan fingerprint density at radius 2 is 2.11 bits per heavy atom. The SMILES string of the molecule is CC/C=C\C=C(\N)CC. The first-order valence-electron chi connectivity index (χ1n) is 3.42. The molecular weight excluding hydrogens is 110 g/mol. The molecule has 2 N–H and O–H groups in total. The zero-order chi connectivity index (χ0) is 7.11. The number of hydrogen-bond acceptors (Lipinski definition) is 1. The van der Waals surface area contributed by atoms with Gasteiger partial charge in [-0.05, 0) is 18.9 Å². The third kappa shape index (κ3) is 5.15. The lowest BCUT2D eigenvalue weighted by molar-refractivity contribution is 1.07. The van der Waals surface area contributed by atoms with E-state index in [4.69, 9.17) is 5.73 Å². The number of nitrogens with two attached hydrogens (primary N) is 1. The highest BCUT2D eigenvalue weighted by atomic mass is 14.6. The molecule has 0 radical (unpaired) electrons. The van der Waals surface area contributed by atoms with E-state index in [2.05, 4.69) is 13.0 Å². The zero-order valence-corrected chi connectivity index (χ0v) is 6.22. The van der Waals surface area contributed by atoms with Gasteiger partial charge in [0.25, 0.3) is 0 Å². The Bertz CT molecular complexity index is 112. The first-order chi connectivity index (χ1) is 4.31. The van der Waals surface area contributed by atoms with Gasteiger partial charge in [0.15, 0.2) is 0 Å². The molecule has 0 rings (SSSR count). The zero-order valence-electron chi connectivity index (χ0n) is 6.22. The van der Waals surface area contributed by atoms with Crippen LogP contribution >= 0.6 is 0 Å². The molecule has 0 atom stereocenters. The second kappa shape index (κ2) is 5.42. The van der Waals surface area contributed by atoms with Gasteiger partial charge in [0, 0.05) is 5.70 Å². The van der Waals surface area contributed by atoms with Crippen LogP contribution in [0.4, 0.5) is 0 Å². The maximum atomic E-state index is 5.52. The summed E-state index contributed by atoms with van der Waals surface area (Å²) in [6, 6.07) is 0. The topological polar surface area (TPSA) is 26.0 Å². The van der Waals surface area contributed by atoms with Crippen molar-refractivity contribution >= 4 is 0 Å². The van der Waals surface area contributed by atoms with Gasteiger partial charge in [-0.25, -0.2) is 0 Å². The van der Waals surface area contributed by atoms with Gasteiger partial charge in [-0.2, -0.15) is 0 Å². The molecule has 52 valence electrons. The van der Waals surface area contributed by atoms with E-state index in [1.54, 1.807) is 0 Å². The summed E-state index contributed by atoms with van der Waals surface area (Å²) in [5.74, 6) is 0. The maximum absolute atomic E-state index is 5.52. The van der Waals surface area contributed by atoms with Gasteiger partial charge < -0.3 is 5.73 Å². The quantitative estimate of drug-likeness (QED) is 0.575. The Kier molecular flexibility index (Phi) is 4.98. The second-order valence-corrected chi connectivity index (χ2v) is 1.93. The van der Waals surface area contributed by atoms with Crippen LogP contribution in [0.5, 0.6) is 0 Å². The van der Waals surface area contributed by atoms with Crippen molar-refractivity contribution in [2.75, 3.05) is 0 Å². The van der Waals surface area contributed by atoms with Crippen molar-refractivity contribution in [3.8, 4) is 0 Å². The molecule has 0 aliphatic rings. The van der Waals surface area contributed by atoms with E-state index in [1.165, 1.54) is 0 Å². The summed E-state index contributed by atoms with van der Waals surface area (Å²) in [7, 11) is 0. The highest BCUT2D eigenvalue weighted by Crippen LogP contribution is 1.90. The normalized spacial score (nSPS) is 12.9. The van der Waals surface area contributed by atoms with Gasteiger partial charge >= 0.3 is 0 Å². The molecule has 0 aromatic carbocycles. The van der Waals surface area contributed by atoms with E-state index >= 15 is 0 Å². The molecule has 0 spiro atoms. The van der Waals surface area contributed by atoms with Crippen LogP contribution in [0.2, 0.25) is 0 Å². The molecule has 0 aromatic rings. The van der Waals surface area contributed by atoms with E-state index in [9.17, 15) is 0 Å². The fourth-order valence-electron chi connectivity index (χ4n) is 0.446. The van der Waals surface area contributed by atoms with Crippen molar-refractivity contribution < 1.29 is 0 Å². The standard InChI is InChI=1S/C8H15N/c1-3-5-6-7-8(9)4-2/h5-7H,3-4,9H2,1-2H3/b6-5-,8-7+. The first-order valence-corrected chi connectivity index (χ1v) is 3.42. The molecular formula is C8H15N. The predicted octanol–water partition coefficient (Wildman–Crippen LogP) is 2.21. The van der Waals surface area contributed by atoms with Crippen molar-refractivity contribution in [1.82, 2.24) is 0 Å². The predicted molar refractivity (Wildman–Crippen MR) is 42.0 cm³/mol. The van der Waals surface area contributed by atoms with Gasteiger partial charge in [0.05, 0.1) is 0 Å². The molecule has 0 aromatic heterocycles. The molecule has 0 amide bonds. The van der Waals surface area contributed by atoms with Crippen LogP contribution in [0.3, 0.4) is 0 Å². The summed E-state index contributed by atoms with van der Waals surface area (Å²) in [5, 5.41) is 0. The molecule has 0 heterocycles. The molecule has 0 fully saturated rings. The lowest BCUT2D eigenvalue weighted by atomic mass is 10.3. The second-order valence-electron chi connectivity index (χ2n) is 1.93. The molecule has 0 saturated heterocycles. The van der Waals surface area contributed by atoms with Crippen LogP contribution in [0.1, 0.15) is 26.7 Å². The van der Waals surface area contributed by atoms with Crippen molar-refractivity contribution in [2.24, 2.45) is 5.73 Å². The molecule has 0 bridgehead atoms. The molecule has 0 aliphatic heterocycles. The fourth-order valence-corrected chi connectivity index (χ4v) is 0.446. The van der Waals surface area contributed by atoms with Gasteiger partial charge in [0.2, 0.25) is 0 Å². The summed E-state index contributed by atoms with van der Waals surface area (Å²) in [5.41, 5.74) is 6.47. The molecule has 0 saturated carbocycles. The van der Waals surface area contributed by atoms with Crippen LogP contribution in [0.15, 0.2) is 23.9 Å². The number of allylic oxidation sites excluding steroid dienone is 4. The third-order valence-electron chi connectivity index (χ3n) is 1.09. The minimum Gasteiger partial charge on any atom is -0.402 e. The monoisotopic (exact) mass is 125 g/mol. The summed E-state index contributed by atoms with van der Waals surface area (Å²) < 4.78 is 0. The minimum atomic E-state index is 0.939. The van der Waals surface area contributed by atoms with Crippen LogP contribution in [0.25, 0.3) is 0 Å². The lowest BCUT2D eigenvalue weighted by Crippen LogP contribution is -1.92. The van der Waals surface area contributed by atoms with Crippen molar-refractivity contribution in [2.45, 2.75) is 26.7 Å². The van der Waals surface area contributed by atoms with Gasteiger partial charge in [0.1, 0.15) is 0 Å². The van der Waals surface area contributed by atoms with E-state index in [0.717, 1.165) is 18.5 Å². The van der Waals surface area contributed by atoms with Crippen LogP contribution in [-0.4, -0.2) is 0 Å². The molecule has 1 nitrogen and oxygen atoms in total. The first kappa shape index (κ1) is 8.28. The summed E-state index contributed by atoms with van der Waals surface area (Å²) >= 11 is 0. The van der Waals surface area contributed by atoms with Crippen LogP contribution in [-0.2, 0) is 0 Å². The molecule has 0 unspecified atom stereocenters. The van der Waals surface area contributed by atoms with Gasteiger partial charge in [-0.1, -0.05) is 26.0 Å². The summed E-state index contributed by atoms with van der Waals surface area (Å²) in [6.07, 6.45) is 8.05. The van der Waals surface area contributed by atoms with Gasteiger partial charge in [-0.15, -0.1) is 0 Å². The van der Waals surface area contributed by atoms with Crippen molar-refractivity contribution in [3.63, 3.8) is 0 Å². The van der Waals surface area contributed by atoms with E-state index in [0.29, 0.717) is 0 Å². The van der Waals surface area contributed by atoms with Gasteiger partial charge in [-0.3, -0.25) is 0 Å². The average Bonchev–Trinajstić information content (AvgIpc) is 1.89. The number of hydrogen-bond donors (Lipinski definition) is 1. The molecule has 1 heteroatoms. The highest BCUT2D eigenvalue weighted by molar-refractivity contribution is 5.08. The summed E-state index contributed by atoms with van der Waals surface area (Å²) in [4.78, 5) is 0. The van der Waals surface area contributed by atoms with E-state index in [-0.39, 0.29) is 0 Å². The van der Waals surface area contributed by atoms with Crippen molar-refractivity contribution in [1.29, 1.82) is 0 Å². The smallest absolute Gasteiger partial charge is 0.00775 e. The lowest BCUT2D eigenvalue weighted by Gasteiger charge is -1.88. The molecule has 9 heavy (non-hydrogen) atoms.